The molecule has 1 aromatic rings. The van der Waals surface area contributed by atoms with Crippen LogP contribution in [0.15, 0.2) is 29.2 Å². The third-order valence-corrected chi connectivity index (χ3v) is 6.40. The zero-order valence-corrected chi connectivity index (χ0v) is 15.5. The van der Waals surface area contributed by atoms with Crippen molar-refractivity contribution < 1.29 is 23.1 Å². The Morgan fingerprint density at radius 1 is 1.20 bits per heavy atom. The lowest BCUT2D eigenvalue weighted by molar-refractivity contribution is -0.146. The molecule has 7 heteroatoms. The monoisotopic (exact) mass is 367 g/mol. The number of sulfone groups is 1. The normalized spacial score (nSPS) is 21.1. The maximum absolute atomic E-state index is 12.4. The number of carbonyl (C=O) groups excluding carboxylic acids is 1. The number of carboxylic acid groups (broad SMARTS) is 1. The number of amides is 1. The molecule has 0 bridgehead atoms. The Hall–Kier alpha value is -1.89. The molecule has 2 unspecified atom stereocenters. The van der Waals surface area contributed by atoms with E-state index in [1.807, 2.05) is 6.92 Å². The fraction of sp³-hybridized carbons (Fsp3) is 0.556. The summed E-state index contributed by atoms with van der Waals surface area (Å²) in [4.78, 5) is 25.5. The number of piperidine rings is 1. The number of hydrogen-bond donors (Lipinski definition) is 1. The summed E-state index contributed by atoms with van der Waals surface area (Å²) in [7, 11) is -3.21. The van der Waals surface area contributed by atoms with Crippen LogP contribution in [0.2, 0.25) is 0 Å². The molecule has 1 aliphatic heterocycles. The van der Waals surface area contributed by atoms with E-state index in [1.165, 1.54) is 0 Å². The average Bonchev–Trinajstić information content (AvgIpc) is 2.59. The van der Waals surface area contributed by atoms with Crippen molar-refractivity contribution in [1.29, 1.82) is 0 Å². The molecule has 2 atom stereocenters. The Balaban J connectivity index is 1.94. The summed E-state index contributed by atoms with van der Waals surface area (Å²) in [6, 6.07) is 6.60. The first-order chi connectivity index (χ1) is 11.7. The molecule has 138 valence electrons. The van der Waals surface area contributed by atoms with Gasteiger partial charge < -0.3 is 10.0 Å². The van der Waals surface area contributed by atoms with Crippen molar-refractivity contribution in [2.45, 2.75) is 38.0 Å². The highest BCUT2D eigenvalue weighted by atomic mass is 32.2. The molecule has 0 radical (unpaired) electrons. The van der Waals surface area contributed by atoms with Gasteiger partial charge in [0, 0.05) is 19.5 Å². The summed E-state index contributed by atoms with van der Waals surface area (Å²) in [5.74, 6) is -1.16. The Morgan fingerprint density at radius 2 is 1.84 bits per heavy atom. The van der Waals surface area contributed by atoms with E-state index in [0.717, 1.165) is 5.56 Å². The summed E-state index contributed by atoms with van der Waals surface area (Å²) in [5.41, 5.74) is 0.892. The van der Waals surface area contributed by atoms with E-state index >= 15 is 0 Å². The summed E-state index contributed by atoms with van der Waals surface area (Å²) >= 11 is 0. The average molecular weight is 367 g/mol. The van der Waals surface area contributed by atoms with Gasteiger partial charge in [-0.1, -0.05) is 26.0 Å². The summed E-state index contributed by atoms with van der Waals surface area (Å²) in [6.45, 7) is 4.43. The van der Waals surface area contributed by atoms with Gasteiger partial charge in [0.05, 0.1) is 16.6 Å². The predicted molar refractivity (Wildman–Crippen MR) is 94.0 cm³/mol. The van der Waals surface area contributed by atoms with Crippen LogP contribution in [-0.2, 0) is 25.8 Å². The number of carbonyl (C=O) groups is 2. The predicted octanol–water partition coefficient (Wildman–Crippen LogP) is 1.98. The van der Waals surface area contributed by atoms with Gasteiger partial charge >= 0.3 is 5.97 Å². The van der Waals surface area contributed by atoms with Gasteiger partial charge in [0.1, 0.15) is 0 Å². The molecule has 0 aromatic heterocycles. The van der Waals surface area contributed by atoms with E-state index in [-0.39, 0.29) is 24.1 Å². The Bertz CT molecular complexity index is 726. The second-order valence-corrected chi connectivity index (χ2v) is 9.00. The lowest BCUT2D eigenvalue weighted by Gasteiger charge is -2.34. The maximum atomic E-state index is 12.4. The molecule has 1 aliphatic rings. The number of hydrogen-bond acceptors (Lipinski definition) is 4. The molecule has 0 saturated carbocycles. The molecule has 1 aromatic carbocycles. The first-order valence-corrected chi connectivity index (χ1v) is 10.2. The van der Waals surface area contributed by atoms with Gasteiger partial charge in [0.2, 0.25) is 5.91 Å². The van der Waals surface area contributed by atoms with Crippen molar-refractivity contribution in [2.24, 2.45) is 11.8 Å². The SMILES string of the molecule is CCS(=O)(=O)c1ccc(CCC(=O)N2CC(C)CC(C(=O)O)C2)cc1. The molecule has 25 heavy (non-hydrogen) atoms. The van der Waals surface area contributed by atoms with E-state index in [9.17, 15) is 23.1 Å². The lowest BCUT2D eigenvalue weighted by Crippen LogP contribution is -2.45. The number of likely N-dealkylation sites (tertiary alicyclic amines) is 1. The van der Waals surface area contributed by atoms with Gasteiger partial charge in [-0.3, -0.25) is 9.59 Å². The first kappa shape index (κ1) is 19.4. The van der Waals surface area contributed by atoms with Gasteiger partial charge in [0.15, 0.2) is 9.84 Å². The van der Waals surface area contributed by atoms with E-state index in [2.05, 4.69) is 0 Å². The molecule has 1 N–H and O–H groups in total. The van der Waals surface area contributed by atoms with Crippen LogP contribution in [0.3, 0.4) is 0 Å². The fourth-order valence-corrected chi connectivity index (χ4v) is 4.06. The molecular formula is C18H25NO5S. The van der Waals surface area contributed by atoms with Gasteiger partial charge in [-0.2, -0.15) is 0 Å². The molecule has 1 saturated heterocycles. The molecular weight excluding hydrogens is 342 g/mol. The van der Waals surface area contributed by atoms with Crippen molar-refractivity contribution in [1.82, 2.24) is 4.90 Å². The first-order valence-electron chi connectivity index (χ1n) is 8.55. The molecule has 1 heterocycles. The Morgan fingerprint density at radius 3 is 2.40 bits per heavy atom. The third-order valence-electron chi connectivity index (χ3n) is 4.65. The molecule has 1 fully saturated rings. The van der Waals surface area contributed by atoms with Crippen LogP contribution in [0.25, 0.3) is 0 Å². The van der Waals surface area contributed by atoms with Crippen molar-refractivity contribution in [3.8, 4) is 0 Å². The zero-order chi connectivity index (χ0) is 18.6. The number of benzene rings is 1. The molecule has 0 spiro atoms. The third kappa shape index (κ3) is 5.04. The highest BCUT2D eigenvalue weighted by Crippen LogP contribution is 2.23. The largest absolute Gasteiger partial charge is 0.481 e. The second kappa shape index (κ2) is 7.99. The van der Waals surface area contributed by atoms with Crippen LogP contribution in [0.5, 0.6) is 0 Å². The van der Waals surface area contributed by atoms with Gasteiger partial charge in [-0.15, -0.1) is 0 Å². The van der Waals surface area contributed by atoms with Crippen molar-refractivity contribution in [3.05, 3.63) is 29.8 Å². The number of carboxylic acids is 1. The highest BCUT2D eigenvalue weighted by Gasteiger charge is 2.31. The van der Waals surface area contributed by atoms with Gasteiger partial charge in [0.25, 0.3) is 0 Å². The van der Waals surface area contributed by atoms with Crippen molar-refractivity contribution in [2.75, 3.05) is 18.8 Å². The van der Waals surface area contributed by atoms with E-state index in [4.69, 9.17) is 0 Å². The second-order valence-electron chi connectivity index (χ2n) is 6.72. The van der Waals surface area contributed by atoms with Crippen LogP contribution in [0.4, 0.5) is 0 Å². The Labute approximate surface area is 148 Å². The molecule has 0 aliphatic carbocycles. The topological polar surface area (TPSA) is 91.8 Å². The Kier molecular flexibility index (Phi) is 6.21. The van der Waals surface area contributed by atoms with Crippen LogP contribution >= 0.6 is 0 Å². The van der Waals surface area contributed by atoms with Crippen LogP contribution in [0.1, 0.15) is 32.3 Å². The minimum absolute atomic E-state index is 0.0527. The number of aliphatic carboxylic acids is 1. The maximum Gasteiger partial charge on any atom is 0.308 e. The molecule has 1 amide bonds. The molecule has 6 nitrogen and oxygen atoms in total. The van der Waals surface area contributed by atoms with E-state index in [0.29, 0.717) is 30.7 Å². The number of aryl methyl sites for hydroxylation is 1. The van der Waals surface area contributed by atoms with Crippen molar-refractivity contribution in [3.63, 3.8) is 0 Å². The van der Waals surface area contributed by atoms with Crippen LogP contribution < -0.4 is 0 Å². The standard InChI is InChI=1S/C18H25NO5S/c1-3-25(23,24)16-7-4-14(5-8-16)6-9-17(20)19-11-13(2)10-15(12-19)18(21)22/h4-5,7-8,13,15H,3,6,9-12H2,1-2H3,(H,21,22). The van der Waals surface area contributed by atoms with Gasteiger partial charge in [-0.25, -0.2) is 8.42 Å². The smallest absolute Gasteiger partial charge is 0.308 e. The minimum atomic E-state index is -3.21. The summed E-state index contributed by atoms with van der Waals surface area (Å²) in [5, 5.41) is 9.19. The minimum Gasteiger partial charge on any atom is -0.481 e. The van der Waals surface area contributed by atoms with Crippen LogP contribution in [0, 0.1) is 11.8 Å². The number of nitrogens with zero attached hydrogens (tertiary/aromatic N) is 1. The van der Waals surface area contributed by atoms with E-state index < -0.39 is 21.7 Å². The molecule has 2 rings (SSSR count). The number of rotatable bonds is 6. The fourth-order valence-electron chi connectivity index (χ4n) is 3.17. The van der Waals surface area contributed by atoms with Gasteiger partial charge in [-0.05, 0) is 36.5 Å². The van der Waals surface area contributed by atoms with E-state index in [1.54, 1.807) is 36.1 Å². The van der Waals surface area contributed by atoms with Crippen LogP contribution in [-0.4, -0.2) is 49.1 Å². The quantitative estimate of drug-likeness (QED) is 0.830. The zero-order valence-electron chi connectivity index (χ0n) is 14.6. The highest BCUT2D eigenvalue weighted by molar-refractivity contribution is 7.91. The lowest BCUT2D eigenvalue weighted by atomic mass is 9.90. The summed E-state index contributed by atoms with van der Waals surface area (Å²) in [6.07, 6.45) is 1.40. The summed E-state index contributed by atoms with van der Waals surface area (Å²) < 4.78 is 23.6. The van der Waals surface area contributed by atoms with Crippen molar-refractivity contribution >= 4 is 21.7 Å².